The molecule has 1 amide bonds. The van der Waals surface area contributed by atoms with Crippen LogP contribution in [0.25, 0.3) is 11.0 Å². The molecule has 2 aromatic heterocycles. The van der Waals surface area contributed by atoms with Crippen LogP contribution in [0.15, 0.2) is 6.07 Å². The number of pyridine rings is 1. The standard InChI is InChI=1S/C23H32N4O3/c1-14-19-16(21(28)26-10-6-5-7-18(26)22-29-11-12-30-22)13-17(15-8-9-15)24-20(19)27(25-14)23(2,3)4/h13,15,18,22H,5-12H2,1-4H3. The van der Waals surface area contributed by atoms with E-state index < -0.39 is 0 Å². The maximum atomic E-state index is 13.9. The third-order valence-electron chi connectivity index (χ3n) is 6.47. The molecule has 3 fully saturated rings. The van der Waals surface area contributed by atoms with Crippen molar-refractivity contribution in [3.63, 3.8) is 0 Å². The minimum Gasteiger partial charge on any atom is -0.348 e. The van der Waals surface area contributed by atoms with Gasteiger partial charge in [-0.15, -0.1) is 0 Å². The molecule has 3 aliphatic rings. The van der Waals surface area contributed by atoms with Gasteiger partial charge >= 0.3 is 0 Å². The minimum absolute atomic E-state index is 0.0284. The van der Waals surface area contributed by atoms with E-state index in [0.717, 1.165) is 66.6 Å². The zero-order chi connectivity index (χ0) is 21.0. The van der Waals surface area contributed by atoms with Crippen LogP contribution in [-0.4, -0.2) is 57.7 Å². The second-order valence-electron chi connectivity index (χ2n) is 9.91. The van der Waals surface area contributed by atoms with Gasteiger partial charge in [-0.1, -0.05) is 0 Å². The van der Waals surface area contributed by atoms with Gasteiger partial charge in [0.05, 0.1) is 41.4 Å². The van der Waals surface area contributed by atoms with Crippen molar-refractivity contribution in [2.45, 2.75) is 83.6 Å². The van der Waals surface area contributed by atoms with Gasteiger partial charge in [0.1, 0.15) is 0 Å². The average molecular weight is 413 g/mol. The van der Waals surface area contributed by atoms with Gasteiger partial charge in [0.25, 0.3) is 5.91 Å². The van der Waals surface area contributed by atoms with E-state index in [1.807, 2.05) is 22.6 Å². The molecular weight excluding hydrogens is 380 g/mol. The lowest BCUT2D eigenvalue weighted by molar-refractivity contribution is -0.100. The van der Waals surface area contributed by atoms with Gasteiger partial charge in [-0.25, -0.2) is 9.67 Å². The zero-order valence-corrected chi connectivity index (χ0v) is 18.5. The van der Waals surface area contributed by atoms with Crippen molar-refractivity contribution in [3.05, 3.63) is 23.0 Å². The van der Waals surface area contributed by atoms with Gasteiger partial charge < -0.3 is 14.4 Å². The van der Waals surface area contributed by atoms with Crippen LogP contribution in [-0.2, 0) is 15.0 Å². The maximum absolute atomic E-state index is 13.9. The molecule has 2 saturated heterocycles. The summed E-state index contributed by atoms with van der Waals surface area (Å²) >= 11 is 0. The summed E-state index contributed by atoms with van der Waals surface area (Å²) in [4.78, 5) is 20.9. The normalized spacial score (nSPS) is 23.5. The van der Waals surface area contributed by atoms with Crippen molar-refractivity contribution in [2.75, 3.05) is 19.8 Å². The fraction of sp³-hybridized carbons (Fsp3) is 0.696. The minimum atomic E-state index is -0.312. The molecule has 0 N–H and O–H groups in total. The molecule has 7 heteroatoms. The fourth-order valence-corrected chi connectivity index (χ4v) is 4.78. The van der Waals surface area contributed by atoms with Crippen LogP contribution >= 0.6 is 0 Å². The number of fused-ring (bicyclic) bond motifs is 1. The fourth-order valence-electron chi connectivity index (χ4n) is 4.78. The van der Waals surface area contributed by atoms with Crippen molar-refractivity contribution in [1.82, 2.24) is 19.7 Å². The number of rotatable bonds is 3. The van der Waals surface area contributed by atoms with Crippen LogP contribution < -0.4 is 0 Å². The predicted molar refractivity (Wildman–Crippen MR) is 114 cm³/mol. The molecule has 0 radical (unpaired) electrons. The molecule has 1 saturated carbocycles. The van der Waals surface area contributed by atoms with E-state index in [1.165, 1.54) is 0 Å². The maximum Gasteiger partial charge on any atom is 0.255 e. The Bertz CT molecular complexity index is 967. The van der Waals surface area contributed by atoms with E-state index in [-0.39, 0.29) is 23.8 Å². The molecule has 30 heavy (non-hydrogen) atoms. The summed E-state index contributed by atoms with van der Waals surface area (Å²) in [7, 11) is 0. The smallest absolute Gasteiger partial charge is 0.255 e. The third-order valence-corrected chi connectivity index (χ3v) is 6.47. The summed E-state index contributed by atoms with van der Waals surface area (Å²) in [5.41, 5.74) is 3.24. The summed E-state index contributed by atoms with van der Waals surface area (Å²) in [6, 6.07) is 2.01. The van der Waals surface area contributed by atoms with Crippen LogP contribution in [0.1, 0.15) is 80.5 Å². The SMILES string of the molecule is Cc1nn(C(C)(C)C)c2nc(C3CC3)cc(C(=O)N3CCCCC3C3OCCO3)c12. The molecular formula is C23H32N4O3. The monoisotopic (exact) mass is 412 g/mol. The lowest BCUT2D eigenvalue weighted by Crippen LogP contribution is -2.50. The molecule has 2 aromatic rings. The van der Waals surface area contributed by atoms with Crippen molar-refractivity contribution >= 4 is 16.9 Å². The molecule has 1 aliphatic carbocycles. The van der Waals surface area contributed by atoms with E-state index in [4.69, 9.17) is 19.6 Å². The molecule has 7 nitrogen and oxygen atoms in total. The molecule has 0 spiro atoms. The topological polar surface area (TPSA) is 69.5 Å². The summed E-state index contributed by atoms with van der Waals surface area (Å²) in [6.07, 6.45) is 5.00. The molecule has 4 heterocycles. The summed E-state index contributed by atoms with van der Waals surface area (Å²) in [5, 5.41) is 5.69. The first kappa shape index (κ1) is 19.9. The first-order valence-corrected chi connectivity index (χ1v) is 11.3. The van der Waals surface area contributed by atoms with E-state index in [9.17, 15) is 4.79 Å². The Labute approximate surface area is 177 Å². The summed E-state index contributed by atoms with van der Waals surface area (Å²) in [5.74, 6) is 0.521. The lowest BCUT2D eigenvalue weighted by atomic mass is 9.98. The number of piperidine rings is 1. The highest BCUT2D eigenvalue weighted by molar-refractivity contribution is 6.06. The summed E-state index contributed by atoms with van der Waals surface area (Å²) < 4.78 is 13.6. The molecule has 0 aromatic carbocycles. The van der Waals surface area contributed by atoms with Gasteiger partial charge in [0.15, 0.2) is 11.9 Å². The Balaban J connectivity index is 1.61. The van der Waals surface area contributed by atoms with E-state index in [2.05, 4.69) is 20.8 Å². The Morgan fingerprint density at radius 2 is 1.87 bits per heavy atom. The molecule has 5 rings (SSSR count). The van der Waals surface area contributed by atoms with Gasteiger partial charge in [-0.05, 0) is 65.9 Å². The van der Waals surface area contributed by atoms with Crippen LogP contribution in [0.4, 0.5) is 0 Å². The molecule has 0 bridgehead atoms. The highest BCUT2D eigenvalue weighted by Crippen LogP contribution is 2.41. The number of nitrogens with zero attached hydrogens (tertiary/aromatic N) is 4. The first-order chi connectivity index (χ1) is 14.3. The Hall–Kier alpha value is -1.99. The molecule has 1 atom stereocenters. The number of aryl methyl sites for hydroxylation is 1. The number of amides is 1. The quantitative estimate of drug-likeness (QED) is 0.768. The average Bonchev–Trinajstić information content (AvgIpc) is 3.31. The first-order valence-electron chi connectivity index (χ1n) is 11.3. The number of likely N-dealkylation sites (tertiary alicyclic amines) is 1. The van der Waals surface area contributed by atoms with Gasteiger partial charge in [-0.2, -0.15) is 5.10 Å². The second-order valence-corrected chi connectivity index (χ2v) is 9.91. The highest BCUT2D eigenvalue weighted by Gasteiger charge is 2.38. The predicted octanol–water partition coefficient (Wildman–Crippen LogP) is 3.74. The number of hydrogen-bond acceptors (Lipinski definition) is 5. The molecule has 2 aliphatic heterocycles. The van der Waals surface area contributed by atoms with Crippen molar-refractivity contribution < 1.29 is 14.3 Å². The van der Waals surface area contributed by atoms with Gasteiger partial charge in [-0.3, -0.25) is 4.79 Å². The number of ether oxygens (including phenoxy) is 2. The molecule has 162 valence electrons. The van der Waals surface area contributed by atoms with Gasteiger partial charge in [0.2, 0.25) is 0 Å². The third kappa shape index (κ3) is 3.42. The number of carbonyl (C=O) groups is 1. The largest absolute Gasteiger partial charge is 0.348 e. The van der Waals surface area contributed by atoms with Gasteiger partial charge in [0, 0.05) is 18.2 Å². The van der Waals surface area contributed by atoms with Crippen LogP contribution in [0.3, 0.4) is 0 Å². The second kappa shape index (κ2) is 7.31. The van der Waals surface area contributed by atoms with Crippen LogP contribution in [0.2, 0.25) is 0 Å². The number of aromatic nitrogens is 3. The Kier molecular flexibility index (Phi) is 4.86. The summed E-state index contributed by atoms with van der Waals surface area (Å²) in [6.45, 7) is 10.3. The number of carbonyl (C=O) groups excluding carboxylic acids is 1. The van der Waals surface area contributed by atoms with E-state index in [1.54, 1.807) is 0 Å². The van der Waals surface area contributed by atoms with Crippen LogP contribution in [0.5, 0.6) is 0 Å². The van der Waals surface area contributed by atoms with Crippen molar-refractivity contribution in [3.8, 4) is 0 Å². The van der Waals surface area contributed by atoms with Crippen molar-refractivity contribution in [2.24, 2.45) is 0 Å². The van der Waals surface area contributed by atoms with E-state index in [0.29, 0.717) is 19.1 Å². The molecule has 1 unspecified atom stereocenters. The lowest BCUT2D eigenvalue weighted by Gasteiger charge is -2.38. The van der Waals surface area contributed by atoms with E-state index >= 15 is 0 Å². The Morgan fingerprint density at radius 3 is 2.53 bits per heavy atom. The number of hydrogen-bond donors (Lipinski definition) is 0. The van der Waals surface area contributed by atoms with Crippen molar-refractivity contribution in [1.29, 1.82) is 0 Å². The Morgan fingerprint density at radius 1 is 1.13 bits per heavy atom. The van der Waals surface area contributed by atoms with Crippen LogP contribution in [0, 0.1) is 6.92 Å². The highest BCUT2D eigenvalue weighted by atomic mass is 16.7. The zero-order valence-electron chi connectivity index (χ0n) is 18.5.